The van der Waals surface area contributed by atoms with E-state index >= 15 is 0 Å². The first-order valence-corrected chi connectivity index (χ1v) is 20.3. The summed E-state index contributed by atoms with van der Waals surface area (Å²) >= 11 is 6.16. The average molecular weight is 793 g/mol. The molecule has 3 fully saturated rings. The van der Waals surface area contributed by atoms with Crippen molar-refractivity contribution in [1.29, 1.82) is 0 Å². The molecule has 2 saturated heterocycles. The SMILES string of the molecule is CC(C)(C)OC(=O)N[C@H]1CCCCCC=C[C@@H]2C[C@@]2(C(=O)NS(=O)(=O)N2CCOCC2)NC(=O)[C@@H]2C[C@@H](OC(=O)N3Cc4ccc(Cl)cc4C3)CN2C1=O. The lowest BCUT2D eigenvalue weighted by Crippen LogP contribution is -2.59. The zero-order valence-electron chi connectivity index (χ0n) is 30.8. The van der Waals surface area contributed by atoms with Crippen molar-refractivity contribution in [2.75, 3.05) is 32.8 Å². The number of morpholine rings is 1. The number of allylic oxidation sites excluding steroid dienone is 1. The van der Waals surface area contributed by atoms with Gasteiger partial charge in [-0.05, 0) is 69.7 Å². The van der Waals surface area contributed by atoms with E-state index in [1.54, 1.807) is 32.9 Å². The number of benzene rings is 1. The number of ether oxygens (including phenoxy) is 3. The second kappa shape index (κ2) is 16.0. The number of nitrogens with zero attached hydrogens (tertiary/aromatic N) is 3. The van der Waals surface area contributed by atoms with E-state index in [4.69, 9.17) is 25.8 Å². The van der Waals surface area contributed by atoms with Crippen LogP contribution in [0, 0.1) is 5.92 Å². The first-order valence-electron chi connectivity index (χ1n) is 18.5. The summed E-state index contributed by atoms with van der Waals surface area (Å²) in [4.78, 5) is 71.7. The number of carbonyl (C=O) groups is 5. The topological polar surface area (TPSA) is 193 Å². The van der Waals surface area contributed by atoms with Crippen LogP contribution in [0.15, 0.2) is 30.4 Å². The van der Waals surface area contributed by atoms with Gasteiger partial charge in [0, 0.05) is 43.5 Å². The van der Waals surface area contributed by atoms with Gasteiger partial charge in [-0.2, -0.15) is 12.7 Å². The lowest BCUT2D eigenvalue weighted by Gasteiger charge is -2.31. The van der Waals surface area contributed by atoms with Gasteiger partial charge in [0.15, 0.2) is 0 Å². The fourth-order valence-corrected chi connectivity index (χ4v) is 8.75. The largest absolute Gasteiger partial charge is 0.444 e. The smallest absolute Gasteiger partial charge is 0.410 e. The van der Waals surface area contributed by atoms with Gasteiger partial charge in [-0.25, -0.2) is 14.3 Å². The Morgan fingerprint density at radius 2 is 1.80 bits per heavy atom. The van der Waals surface area contributed by atoms with Crippen LogP contribution in [0.25, 0.3) is 0 Å². The van der Waals surface area contributed by atoms with Gasteiger partial charge in [0.1, 0.15) is 29.3 Å². The summed E-state index contributed by atoms with van der Waals surface area (Å²) in [5, 5.41) is 6.04. The summed E-state index contributed by atoms with van der Waals surface area (Å²) in [6.45, 7) is 6.03. The molecule has 5 amide bonds. The summed E-state index contributed by atoms with van der Waals surface area (Å²) in [5.41, 5.74) is -0.627. The Labute approximate surface area is 320 Å². The Balaban J connectivity index is 1.25. The molecule has 0 spiro atoms. The Bertz CT molecular complexity index is 1780. The first kappa shape index (κ1) is 39.8. The molecule has 6 rings (SSSR count). The lowest BCUT2D eigenvalue weighted by atomic mass is 10.0. The zero-order valence-corrected chi connectivity index (χ0v) is 32.4. The van der Waals surface area contributed by atoms with E-state index in [9.17, 15) is 32.4 Å². The fourth-order valence-electron chi connectivity index (χ4n) is 7.38. The Kier molecular flexibility index (Phi) is 11.8. The summed E-state index contributed by atoms with van der Waals surface area (Å²) in [5.74, 6) is -2.68. The normalized spacial score (nSPS) is 28.1. The van der Waals surface area contributed by atoms with Gasteiger partial charge < -0.3 is 29.7 Å². The molecule has 1 aliphatic carbocycles. The van der Waals surface area contributed by atoms with E-state index in [0.717, 1.165) is 28.3 Å². The Morgan fingerprint density at radius 3 is 2.54 bits per heavy atom. The van der Waals surface area contributed by atoms with Crippen LogP contribution in [0.5, 0.6) is 0 Å². The number of rotatable bonds is 5. The molecule has 18 heteroatoms. The second-order valence-corrected chi connectivity index (χ2v) is 17.6. The monoisotopic (exact) mass is 792 g/mol. The van der Waals surface area contributed by atoms with Crippen molar-refractivity contribution >= 4 is 51.7 Å². The van der Waals surface area contributed by atoms with Crippen molar-refractivity contribution in [2.45, 2.75) is 108 Å². The molecule has 4 heterocycles. The predicted octanol–water partition coefficient (Wildman–Crippen LogP) is 2.74. The maximum Gasteiger partial charge on any atom is 0.410 e. The highest BCUT2D eigenvalue weighted by Gasteiger charge is 2.62. The van der Waals surface area contributed by atoms with Crippen molar-refractivity contribution < 1.29 is 46.6 Å². The molecule has 0 bridgehead atoms. The van der Waals surface area contributed by atoms with Gasteiger partial charge >= 0.3 is 22.4 Å². The zero-order chi connectivity index (χ0) is 38.8. The molecule has 5 atom stereocenters. The predicted molar refractivity (Wildman–Crippen MR) is 195 cm³/mol. The number of fused-ring (bicyclic) bond motifs is 3. The van der Waals surface area contributed by atoms with Gasteiger partial charge in [-0.15, -0.1) is 0 Å². The Morgan fingerprint density at radius 1 is 1.06 bits per heavy atom. The highest BCUT2D eigenvalue weighted by Crippen LogP contribution is 2.46. The first-order chi connectivity index (χ1) is 25.5. The van der Waals surface area contributed by atoms with Crippen LogP contribution < -0.4 is 15.4 Å². The van der Waals surface area contributed by atoms with E-state index in [1.165, 1.54) is 9.80 Å². The van der Waals surface area contributed by atoms with Gasteiger partial charge in [0.2, 0.25) is 11.8 Å². The number of hydrogen-bond acceptors (Lipinski definition) is 10. The highest BCUT2D eigenvalue weighted by atomic mass is 35.5. The number of hydrogen-bond donors (Lipinski definition) is 3. The molecule has 1 aromatic rings. The summed E-state index contributed by atoms with van der Waals surface area (Å²) < 4.78 is 46.3. The molecule has 0 radical (unpaired) electrons. The van der Waals surface area contributed by atoms with Crippen LogP contribution in [0.3, 0.4) is 0 Å². The highest BCUT2D eigenvalue weighted by molar-refractivity contribution is 7.87. The van der Waals surface area contributed by atoms with Crippen LogP contribution in [-0.2, 0) is 51.9 Å². The molecular weight excluding hydrogens is 744 g/mol. The van der Waals surface area contributed by atoms with E-state index in [-0.39, 0.29) is 58.7 Å². The minimum Gasteiger partial charge on any atom is -0.444 e. The van der Waals surface area contributed by atoms with Gasteiger partial charge in [-0.1, -0.05) is 42.7 Å². The van der Waals surface area contributed by atoms with Crippen molar-refractivity contribution in [3.05, 3.63) is 46.5 Å². The number of carbonyl (C=O) groups excluding carboxylic acids is 5. The third-order valence-electron chi connectivity index (χ3n) is 10.3. The molecule has 16 nitrogen and oxygen atoms in total. The third-order valence-corrected chi connectivity index (χ3v) is 12.0. The van der Waals surface area contributed by atoms with Crippen LogP contribution in [0.2, 0.25) is 5.02 Å². The van der Waals surface area contributed by atoms with E-state index in [1.807, 2.05) is 18.2 Å². The van der Waals surface area contributed by atoms with Crippen molar-refractivity contribution in [2.24, 2.45) is 5.92 Å². The van der Waals surface area contributed by atoms with E-state index in [0.29, 0.717) is 24.4 Å². The van der Waals surface area contributed by atoms with E-state index in [2.05, 4.69) is 15.4 Å². The minimum atomic E-state index is -4.25. The average Bonchev–Trinajstić information content (AvgIpc) is 3.40. The Hall–Kier alpha value is -3.93. The van der Waals surface area contributed by atoms with Crippen molar-refractivity contribution in [3.63, 3.8) is 0 Å². The molecule has 3 N–H and O–H groups in total. The quantitative estimate of drug-likeness (QED) is 0.374. The molecule has 296 valence electrons. The standard InChI is InChI=1S/C36H49ClN6O10S/c1-35(2,3)53-33(47)38-28-10-8-6-4-5-7-9-25-19-36(25,32(46)40-54(49,50)42-13-15-51-16-14-42)39-30(44)29-18-27(22-43(29)31(28)45)52-34(48)41-20-23-11-12-26(37)17-24(23)21-41/h7,9,11-12,17,25,27-29H,4-6,8,10,13-16,18-22H2,1-3H3,(H,38,47)(H,39,44)(H,40,46)/t25-,27-,28+,29+,36-/m1/s1. The van der Waals surface area contributed by atoms with E-state index < -0.39 is 75.4 Å². The molecule has 54 heavy (non-hydrogen) atoms. The maximum absolute atomic E-state index is 14.4. The molecule has 0 aromatic heterocycles. The van der Waals surface area contributed by atoms with Crippen LogP contribution in [-0.4, -0.2) is 115 Å². The third kappa shape index (κ3) is 9.29. The minimum absolute atomic E-state index is 0.0698. The maximum atomic E-state index is 14.4. The second-order valence-electron chi connectivity index (χ2n) is 15.5. The van der Waals surface area contributed by atoms with Crippen LogP contribution >= 0.6 is 11.6 Å². The van der Waals surface area contributed by atoms with Crippen molar-refractivity contribution in [1.82, 2.24) is 29.5 Å². The molecule has 1 saturated carbocycles. The number of halogens is 1. The van der Waals surface area contributed by atoms with Gasteiger partial charge in [0.25, 0.3) is 5.91 Å². The van der Waals surface area contributed by atoms with Gasteiger partial charge in [-0.3, -0.25) is 19.3 Å². The number of amides is 5. The lowest BCUT2D eigenvalue weighted by molar-refractivity contribution is -0.141. The molecule has 1 aromatic carbocycles. The molecular formula is C36H49ClN6O10S. The molecule has 4 aliphatic heterocycles. The number of nitrogens with one attached hydrogen (secondary N) is 3. The summed E-state index contributed by atoms with van der Waals surface area (Å²) in [6, 6.07) is 3.10. The number of alkyl carbamates (subject to hydrolysis) is 1. The summed E-state index contributed by atoms with van der Waals surface area (Å²) in [7, 11) is -4.25. The fraction of sp³-hybridized carbons (Fsp3) is 0.639. The van der Waals surface area contributed by atoms with Crippen LogP contribution in [0.1, 0.15) is 76.8 Å². The molecule has 5 aliphatic rings. The summed E-state index contributed by atoms with van der Waals surface area (Å²) in [6.07, 6.45) is 4.41. The van der Waals surface area contributed by atoms with Crippen LogP contribution in [0.4, 0.5) is 9.59 Å². The van der Waals surface area contributed by atoms with Crippen molar-refractivity contribution in [3.8, 4) is 0 Å². The van der Waals surface area contributed by atoms with Gasteiger partial charge in [0.05, 0.1) is 19.8 Å². The molecule has 0 unspecified atom stereocenters.